The lowest BCUT2D eigenvalue weighted by Gasteiger charge is -2.52. The van der Waals surface area contributed by atoms with E-state index in [4.69, 9.17) is 23.2 Å². The van der Waals surface area contributed by atoms with Crippen molar-refractivity contribution in [3.8, 4) is 0 Å². The van der Waals surface area contributed by atoms with Gasteiger partial charge in [0.2, 0.25) is 0 Å². The molecule has 0 radical (unpaired) electrons. The quantitative estimate of drug-likeness (QED) is 0.636. The third-order valence-electron chi connectivity index (χ3n) is 6.91. The van der Waals surface area contributed by atoms with E-state index in [0.717, 1.165) is 57.4 Å². The number of carbonyl (C=O) groups excluding carboxylic acids is 1. The molecule has 1 saturated carbocycles. The van der Waals surface area contributed by atoms with E-state index < -0.39 is 0 Å². The standard InChI is InChI=1S/C22H34Cl2N4O/c1-4-26-20(29)27-21(2)10-8-16(9-11-21)22(3,28-14-12-25-13-15-28)17-6-5-7-18(23)19(17)24/h5-7,16,25H,4,8-15H2,1-3H3,(H2,26,27,29). The Kier molecular flexibility index (Phi) is 7.36. The van der Waals surface area contributed by atoms with Crippen LogP contribution in [0.3, 0.4) is 0 Å². The Morgan fingerprint density at radius 1 is 1.28 bits per heavy atom. The Morgan fingerprint density at radius 3 is 2.55 bits per heavy atom. The van der Waals surface area contributed by atoms with Gasteiger partial charge in [0.25, 0.3) is 0 Å². The van der Waals surface area contributed by atoms with E-state index in [9.17, 15) is 4.79 Å². The number of nitrogens with one attached hydrogen (secondary N) is 3. The second-order valence-corrected chi connectivity index (χ2v) is 9.59. The predicted molar refractivity (Wildman–Crippen MR) is 121 cm³/mol. The summed E-state index contributed by atoms with van der Waals surface area (Å²) in [5.41, 5.74) is 0.772. The minimum absolute atomic E-state index is 0.0730. The highest BCUT2D eigenvalue weighted by Gasteiger charge is 2.46. The molecule has 5 nitrogen and oxygen atoms in total. The first-order valence-corrected chi connectivity index (χ1v) is 11.5. The maximum atomic E-state index is 12.1. The van der Waals surface area contributed by atoms with Gasteiger partial charge in [-0.1, -0.05) is 35.3 Å². The van der Waals surface area contributed by atoms with Gasteiger partial charge in [0, 0.05) is 43.8 Å². The van der Waals surface area contributed by atoms with Crippen LogP contribution in [0.25, 0.3) is 0 Å². The van der Waals surface area contributed by atoms with Crippen molar-refractivity contribution in [2.75, 3.05) is 32.7 Å². The number of carbonyl (C=O) groups is 1. The van der Waals surface area contributed by atoms with E-state index in [2.05, 4.69) is 40.8 Å². The summed E-state index contributed by atoms with van der Waals surface area (Å²) in [6, 6.07) is 5.93. The third-order valence-corrected chi connectivity index (χ3v) is 7.73. The highest BCUT2D eigenvalue weighted by molar-refractivity contribution is 6.42. The molecule has 2 fully saturated rings. The lowest BCUT2D eigenvalue weighted by Crippen LogP contribution is -2.59. The van der Waals surface area contributed by atoms with Crippen LogP contribution in [0.1, 0.15) is 52.0 Å². The Morgan fingerprint density at radius 2 is 1.93 bits per heavy atom. The molecule has 3 rings (SSSR count). The van der Waals surface area contributed by atoms with E-state index in [1.807, 2.05) is 19.1 Å². The summed E-state index contributed by atoms with van der Waals surface area (Å²) >= 11 is 13.1. The van der Waals surface area contributed by atoms with Crippen molar-refractivity contribution in [3.05, 3.63) is 33.8 Å². The maximum absolute atomic E-state index is 12.1. The molecule has 162 valence electrons. The average Bonchev–Trinajstić information content (AvgIpc) is 2.70. The summed E-state index contributed by atoms with van der Waals surface area (Å²) in [5, 5.41) is 10.8. The normalized spacial score (nSPS) is 27.8. The van der Waals surface area contributed by atoms with Gasteiger partial charge >= 0.3 is 6.03 Å². The summed E-state index contributed by atoms with van der Waals surface area (Å²) in [6.45, 7) is 11.0. The average molecular weight is 441 g/mol. The Balaban J connectivity index is 1.85. The van der Waals surface area contributed by atoms with Crippen LogP contribution >= 0.6 is 23.2 Å². The van der Waals surface area contributed by atoms with E-state index in [1.165, 1.54) is 0 Å². The van der Waals surface area contributed by atoms with Crippen LogP contribution in [0.15, 0.2) is 18.2 Å². The highest BCUT2D eigenvalue weighted by Crippen LogP contribution is 2.48. The highest BCUT2D eigenvalue weighted by atomic mass is 35.5. The van der Waals surface area contributed by atoms with E-state index >= 15 is 0 Å². The lowest BCUT2D eigenvalue weighted by atomic mass is 9.67. The minimum Gasteiger partial charge on any atom is -0.338 e. The summed E-state index contributed by atoms with van der Waals surface area (Å²) < 4.78 is 0. The number of halogens is 2. The van der Waals surface area contributed by atoms with Crippen molar-refractivity contribution < 1.29 is 4.79 Å². The molecule has 1 aliphatic carbocycles. The first-order valence-electron chi connectivity index (χ1n) is 10.8. The third kappa shape index (κ3) is 4.84. The topological polar surface area (TPSA) is 56.4 Å². The number of amides is 2. The molecular formula is C22H34Cl2N4O. The van der Waals surface area contributed by atoms with Gasteiger partial charge < -0.3 is 16.0 Å². The van der Waals surface area contributed by atoms with Gasteiger partial charge in [0.1, 0.15) is 0 Å². The fourth-order valence-corrected chi connectivity index (χ4v) is 5.59. The lowest BCUT2D eigenvalue weighted by molar-refractivity contribution is 0.00541. The van der Waals surface area contributed by atoms with Gasteiger partial charge in [-0.05, 0) is 64.0 Å². The van der Waals surface area contributed by atoms with Gasteiger partial charge in [-0.3, -0.25) is 4.90 Å². The summed E-state index contributed by atoms with van der Waals surface area (Å²) in [5.74, 6) is 0.445. The summed E-state index contributed by atoms with van der Waals surface area (Å²) in [7, 11) is 0. The molecule has 1 aromatic rings. The molecule has 2 aliphatic rings. The van der Waals surface area contributed by atoms with Crippen molar-refractivity contribution in [1.29, 1.82) is 0 Å². The molecule has 1 heterocycles. The molecular weight excluding hydrogens is 407 g/mol. The smallest absolute Gasteiger partial charge is 0.315 e. The zero-order valence-corrected chi connectivity index (χ0v) is 19.3. The molecule has 1 aromatic carbocycles. The van der Waals surface area contributed by atoms with Crippen LogP contribution in [-0.4, -0.2) is 49.2 Å². The Hall–Kier alpha value is -1.01. The molecule has 0 bridgehead atoms. The second kappa shape index (κ2) is 9.42. The number of nitrogens with zero attached hydrogens (tertiary/aromatic N) is 1. The molecule has 1 atom stereocenters. The SMILES string of the molecule is CCNC(=O)NC1(C)CCC(C(C)(c2cccc(Cl)c2Cl)N2CCNCC2)CC1. The monoisotopic (exact) mass is 440 g/mol. The van der Waals surface area contributed by atoms with Crippen LogP contribution in [0, 0.1) is 5.92 Å². The maximum Gasteiger partial charge on any atom is 0.315 e. The summed E-state index contributed by atoms with van der Waals surface area (Å²) in [6.07, 6.45) is 3.97. The van der Waals surface area contributed by atoms with Gasteiger partial charge in [-0.25, -0.2) is 4.79 Å². The number of piperazine rings is 1. The minimum atomic E-state index is -0.183. The number of rotatable bonds is 5. The molecule has 29 heavy (non-hydrogen) atoms. The van der Waals surface area contributed by atoms with Crippen LogP contribution in [0.5, 0.6) is 0 Å². The predicted octanol–water partition coefficient (Wildman–Crippen LogP) is 4.38. The molecule has 3 N–H and O–H groups in total. The number of benzene rings is 1. The summed E-state index contributed by atoms with van der Waals surface area (Å²) in [4.78, 5) is 14.7. The molecule has 2 amide bonds. The Bertz CT molecular complexity index is 715. The first-order chi connectivity index (χ1) is 13.8. The van der Waals surface area contributed by atoms with Gasteiger partial charge in [-0.2, -0.15) is 0 Å². The van der Waals surface area contributed by atoms with Gasteiger partial charge in [0.15, 0.2) is 0 Å². The van der Waals surface area contributed by atoms with Crippen LogP contribution in [0.2, 0.25) is 10.0 Å². The number of hydrogen-bond acceptors (Lipinski definition) is 3. The molecule has 1 unspecified atom stereocenters. The largest absolute Gasteiger partial charge is 0.338 e. The van der Waals surface area contributed by atoms with Crippen molar-refractivity contribution in [3.63, 3.8) is 0 Å². The molecule has 1 aliphatic heterocycles. The fourth-order valence-electron chi connectivity index (χ4n) is 5.09. The zero-order valence-electron chi connectivity index (χ0n) is 17.8. The fraction of sp³-hybridized carbons (Fsp3) is 0.682. The van der Waals surface area contributed by atoms with Crippen molar-refractivity contribution in [2.24, 2.45) is 5.92 Å². The molecule has 0 aromatic heterocycles. The van der Waals surface area contributed by atoms with Crippen molar-refractivity contribution >= 4 is 29.2 Å². The second-order valence-electron chi connectivity index (χ2n) is 8.81. The molecule has 1 saturated heterocycles. The van der Waals surface area contributed by atoms with E-state index in [0.29, 0.717) is 22.5 Å². The number of urea groups is 1. The van der Waals surface area contributed by atoms with Crippen molar-refractivity contribution in [2.45, 2.75) is 57.5 Å². The Labute approximate surface area is 184 Å². The zero-order chi connectivity index (χ0) is 21.1. The molecule has 7 heteroatoms. The first kappa shape index (κ1) is 22.7. The van der Waals surface area contributed by atoms with Crippen molar-refractivity contribution in [1.82, 2.24) is 20.9 Å². The molecule has 0 spiro atoms. The number of hydrogen-bond donors (Lipinski definition) is 3. The van der Waals surface area contributed by atoms with Gasteiger partial charge in [0.05, 0.1) is 10.0 Å². The van der Waals surface area contributed by atoms with Crippen LogP contribution in [0.4, 0.5) is 4.79 Å². The van der Waals surface area contributed by atoms with Crippen LogP contribution < -0.4 is 16.0 Å². The van der Waals surface area contributed by atoms with E-state index in [1.54, 1.807) is 0 Å². The van der Waals surface area contributed by atoms with Gasteiger partial charge in [-0.15, -0.1) is 0 Å². The van der Waals surface area contributed by atoms with Crippen LogP contribution in [-0.2, 0) is 5.54 Å². The van der Waals surface area contributed by atoms with E-state index in [-0.39, 0.29) is 17.1 Å².